The molecule has 3 aromatic rings. The van der Waals surface area contributed by atoms with Gasteiger partial charge in [-0.15, -0.1) is 11.3 Å². The van der Waals surface area contributed by atoms with Crippen LogP contribution in [-0.4, -0.2) is 25.9 Å². The first kappa shape index (κ1) is 17.5. The summed E-state index contributed by atoms with van der Waals surface area (Å²) < 4.78 is 33.4. The number of carbonyl (C=O) groups is 1. The van der Waals surface area contributed by atoms with Gasteiger partial charge in [0.05, 0.1) is 16.1 Å². The summed E-state index contributed by atoms with van der Waals surface area (Å²) in [5.74, 6) is -0.194. The van der Waals surface area contributed by atoms with Gasteiger partial charge in [0.25, 0.3) is 5.91 Å². The Hall–Kier alpha value is -2.91. The number of amides is 1. The zero-order valence-corrected chi connectivity index (χ0v) is 15.7. The van der Waals surface area contributed by atoms with E-state index in [0.717, 1.165) is 20.3 Å². The highest BCUT2D eigenvalue weighted by atomic mass is 32.2. The molecule has 2 aromatic carbocycles. The minimum atomic E-state index is -3.92. The van der Waals surface area contributed by atoms with Crippen molar-refractivity contribution in [2.75, 3.05) is 10.8 Å². The highest BCUT2D eigenvalue weighted by Gasteiger charge is 2.35. The Morgan fingerprint density at radius 3 is 2.67 bits per heavy atom. The van der Waals surface area contributed by atoms with Gasteiger partial charge in [0.15, 0.2) is 0 Å². The number of nitrogens with one attached hydrogen (secondary N) is 1. The van der Waals surface area contributed by atoms with Crippen LogP contribution in [0.2, 0.25) is 0 Å². The van der Waals surface area contributed by atoms with Crippen LogP contribution in [0.3, 0.4) is 0 Å². The van der Waals surface area contributed by atoms with E-state index in [1.54, 1.807) is 29.9 Å². The lowest BCUT2D eigenvalue weighted by atomic mass is 10.1. The fraction of sp³-hybridized carbons (Fsp3) is 0.111. The molecule has 138 valence electrons. The van der Waals surface area contributed by atoms with E-state index in [1.165, 1.54) is 11.3 Å². The number of thiazole rings is 1. The second-order valence-electron chi connectivity index (χ2n) is 5.86. The van der Waals surface area contributed by atoms with Crippen molar-refractivity contribution in [2.45, 2.75) is 6.61 Å². The molecule has 1 aliphatic heterocycles. The van der Waals surface area contributed by atoms with E-state index in [1.807, 2.05) is 35.1 Å². The molecule has 0 bridgehead atoms. The third-order valence-corrected chi connectivity index (χ3v) is 6.22. The Bertz CT molecular complexity index is 1070. The lowest BCUT2D eigenvalue weighted by Gasteiger charge is -2.19. The van der Waals surface area contributed by atoms with Crippen LogP contribution in [0.25, 0.3) is 10.4 Å². The molecule has 1 amide bonds. The van der Waals surface area contributed by atoms with Crippen LogP contribution in [0.1, 0.15) is 5.56 Å². The van der Waals surface area contributed by atoms with Gasteiger partial charge in [0, 0.05) is 6.20 Å². The molecule has 7 nitrogen and oxygen atoms in total. The van der Waals surface area contributed by atoms with Gasteiger partial charge in [0.2, 0.25) is 0 Å². The molecule has 1 saturated heterocycles. The predicted molar refractivity (Wildman–Crippen MR) is 103 cm³/mol. The Balaban J connectivity index is 1.72. The van der Waals surface area contributed by atoms with Crippen molar-refractivity contribution in [3.8, 4) is 16.2 Å². The molecule has 0 saturated carbocycles. The quantitative estimate of drug-likeness (QED) is 0.710. The van der Waals surface area contributed by atoms with Gasteiger partial charge in [-0.2, -0.15) is 8.42 Å². The Kier molecular flexibility index (Phi) is 4.54. The highest BCUT2D eigenvalue weighted by molar-refractivity contribution is 7.92. The molecular weight excluding hydrogens is 386 g/mol. The summed E-state index contributed by atoms with van der Waals surface area (Å²) >= 11 is 1.47. The largest absolute Gasteiger partial charge is 0.487 e. The molecule has 2 heterocycles. The number of hydrogen-bond acceptors (Lipinski definition) is 6. The first-order valence-corrected chi connectivity index (χ1v) is 10.4. The van der Waals surface area contributed by atoms with Crippen molar-refractivity contribution in [1.82, 2.24) is 9.71 Å². The van der Waals surface area contributed by atoms with Crippen LogP contribution in [-0.2, 0) is 21.6 Å². The van der Waals surface area contributed by atoms with Crippen molar-refractivity contribution in [3.05, 3.63) is 65.8 Å². The van der Waals surface area contributed by atoms with Crippen molar-refractivity contribution >= 4 is 33.1 Å². The Morgan fingerprint density at radius 1 is 1.19 bits per heavy atom. The number of carbonyl (C=O) groups excluding carboxylic acids is 1. The number of aromatic nitrogens is 1. The average molecular weight is 401 g/mol. The number of rotatable bonds is 5. The van der Waals surface area contributed by atoms with Crippen molar-refractivity contribution in [3.63, 3.8) is 0 Å². The van der Waals surface area contributed by atoms with Gasteiger partial charge < -0.3 is 4.74 Å². The fourth-order valence-corrected chi connectivity index (χ4v) is 4.52. The Morgan fingerprint density at radius 2 is 2.00 bits per heavy atom. The summed E-state index contributed by atoms with van der Waals surface area (Å²) in [5, 5.41) is 0. The van der Waals surface area contributed by atoms with E-state index in [2.05, 4.69) is 4.98 Å². The second-order valence-corrected chi connectivity index (χ2v) is 8.34. The maximum absolute atomic E-state index is 12.2. The highest BCUT2D eigenvalue weighted by Crippen LogP contribution is 2.37. The van der Waals surface area contributed by atoms with E-state index in [-0.39, 0.29) is 13.2 Å². The van der Waals surface area contributed by atoms with Gasteiger partial charge in [-0.05, 0) is 23.3 Å². The number of nitrogens with zero attached hydrogens (tertiary/aromatic N) is 2. The van der Waals surface area contributed by atoms with Crippen LogP contribution in [0.15, 0.2) is 60.2 Å². The number of benzene rings is 2. The van der Waals surface area contributed by atoms with Gasteiger partial charge in [0.1, 0.15) is 18.9 Å². The zero-order valence-electron chi connectivity index (χ0n) is 14.0. The molecule has 1 aliphatic rings. The lowest BCUT2D eigenvalue weighted by Crippen LogP contribution is -2.29. The van der Waals surface area contributed by atoms with Gasteiger partial charge in [-0.3, -0.25) is 9.78 Å². The summed E-state index contributed by atoms with van der Waals surface area (Å²) in [4.78, 5) is 16.6. The third kappa shape index (κ3) is 3.64. The van der Waals surface area contributed by atoms with Crippen molar-refractivity contribution in [2.24, 2.45) is 0 Å². The molecule has 0 atom stereocenters. The minimum Gasteiger partial charge on any atom is -0.487 e. The standard InChI is InChI=1S/C18H15N3O4S2/c22-18-10-21(27(23,24)20-18)15-7-6-14(17-9-19-12-26-17)8-16(15)25-11-13-4-2-1-3-5-13/h1-9,12H,10-11H2,(H,20,22). The van der Waals surface area contributed by atoms with E-state index in [4.69, 9.17) is 4.74 Å². The van der Waals surface area contributed by atoms with Gasteiger partial charge >= 0.3 is 10.2 Å². The van der Waals surface area contributed by atoms with Crippen molar-refractivity contribution < 1.29 is 17.9 Å². The lowest BCUT2D eigenvalue weighted by molar-refractivity contribution is -0.117. The first-order valence-electron chi connectivity index (χ1n) is 8.06. The molecule has 9 heteroatoms. The van der Waals surface area contributed by atoms with Crippen LogP contribution in [0, 0.1) is 0 Å². The van der Waals surface area contributed by atoms with Crippen LogP contribution in [0.5, 0.6) is 5.75 Å². The zero-order chi connectivity index (χ0) is 18.9. The topological polar surface area (TPSA) is 88.6 Å². The number of anilines is 1. The fourth-order valence-electron chi connectivity index (χ4n) is 2.74. The predicted octanol–water partition coefficient (Wildman–Crippen LogP) is 2.57. The van der Waals surface area contributed by atoms with Crippen molar-refractivity contribution in [1.29, 1.82) is 0 Å². The molecule has 27 heavy (non-hydrogen) atoms. The molecule has 1 aromatic heterocycles. The van der Waals surface area contributed by atoms with Gasteiger partial charge in [-0.1, -0.05) is 36.4 Å². The SMILES string of the molecule is O=C1CN(c2ccc(-c3cncs3)cc2OCc2ccccc2)S(=O)(=O)N1. The molecule has 0 aliphatic carbocycles. The molecule has 1 fully saturated rings. The van der Waals surface area contributed by atoms with Crippen LogP contribution < -0.4 is 13.8 Å². The van der Waals surface area contributed by atoms with Crippen LogP contribution >= 0.6 is 11.3 Å². The minimum absolute atomic E-state index is 0.273. The van der Waals surface area contributed by atoms with E-state index < -0.39 is 16.1 Å². The normalized spacial score (nSPS) is 15.6. The molecule has 4 rings (SSSR count). The average Bonchev–Trinajstić information content (AvgIpc) is 3.28. The van der Waals surface area contributed by atoms with E-state index in [0.29, 0.717) is 11.4 Å². The Labute approximate surface area is 160 Å². The molecule has 0 unspecified atom stereocenters. The number of hydrogen-bond donors (Lipinski definition) is 1. The van der Waals surface area contributed by atoms with Gasteiger partial charge in [-0.25, -0.2) is 9.03 Å². The molecular formula is C18H15N3O4S2. The van der Waals surface area contributed by atoms with E-state index in [9.17, 15) is 13.2 Å². The summed E-state index contributed by atoms with van der Waals surface area (Å²) in [6, 6.07) is 14.8. The first-order chi connectivity index (χ1) is 13.0. The summed E-state index contributed by atoms with van der Waals surface area (Å²) in [6.45, 7) is -0.000813. The monoisotopic (exact) mass is 401 g/mol. The number of ether oxygens (including phenoxy) is 1. The summed E-state index contributed by atoms with van der Waals surface area (Å²) in [5.41, 5.74) is 3.85. The van der Waals surface area contributed by atoms with Crippen LogP contribution in [0.4, 0.5) is 5.69 Å². The third-order valence-electron chi connectivity index (χ3n) is 4.00. The molecule has 1 N–H and O–H groups in total. The maximum atomic E-state index is 12.2. The maximum Gasteiger partial charge on any atom is 0.326 e. The molecule has 0 spiro atoms. The summed E-state index contributed by atoms with van der Waals surface area (Å²) in [6.07, 6.45) is 1.73. The summed E-state index contributed by atoms with van der Waals surface area (Å²) in [7, 11) is -3.92. The van der Waals surface area contributed by atoms with E-state index >= 15 is 0 Å². The molecule has 0 radical (unpaired) electrons. The second kappa shape index (κ2) is 7.01. The smallest absolute Gasteiger partial charge is 0.326 e.